The van der Waals surface area contributed by atoms with Gasteiger partial charge in [-0.05, 0) is 31.2 Å². The van der Waals surface area contributed by atoms with Crippen molar-refractivity contribution < 1.29 is 9.47 Å². The Balaban J connectivity index is 1.96. The Hall–Kier alpha value is -1.48. The molecule has 0 aliphatic rings. The van der Waals surface area contributed by atoms with Crippen molar-refractivity contribution in [2.45, 2.75) is 6.92 Å². The van der Waals surface area contributed by atoms with Crippen molar-refractivity contribution in [1.82, 2.24) is 4.98 Å². The number of hydrogen-bond donors (Lipinski definition) is 1. The van der Waals surface area contributed by atoms with Gasteiger partial charge in [0.1, 0.15) is 12.4 Å². The summed E-state index contributed by atoms with van der Waals surface area (Å²) in [7, 11) is 0. The lowest BCUT2D eigenvalue weighted by Crippen LogP contribution is -2.06. The maximum absolute atomic E-state index is 5.55. The molecule has 1 aromatic carbocycles. The third-order valence-corrected chi connectivity index (χ3v) is 2.23. The van der Waals surface area contributed by atoms with Crippen molar-refractivity contribution in [1.29, 1.82) is 0 Å². The summed E-state index contributed by atoms with van der Waals surface area (Å²) in [6, 6.07) is 8.04. The zero-order chi connectivity index (χ0) is 10.5. The molecule has 2 aromatic rings. The Morgan fingerprint density at radius 1 is 1.20 bits per heavy atom. The highest BCUT2D eigenvalue weighted by Gasteiger charge is 1.97. The first kappa shape index (κ1) is 10.1. The van der Waals surface area contributed by atoms with Gasteiger partial charge in [-0.3, -0.25) is 0 Å². The predicted molar refractivity (Wildman–Crippen MR) is 60.3 cm³/mol. The fraction of sp³-hybridized carbons (Fsp3) is 0.333. The second-order valence-electron chi connectivity index (χ2n) is 3.27. The van der Waals surface area contributed by atoms with Crippen molar-refractivity contribution >= 4 is 10.9 Å². The van der Waals surface area contributed by atoms with E-state index in [0.29, 0.717) is 13.2 Å². The third kappa shape index (κ3) is 2.50. The minimum absolute atomic E-state index is 0.601. The molecule has 0 aliphatic carbocycles. The molecule has 1 N–H and O–H groups in total. The van der Waals surface area contributed by atoms with Crippen LogP contribution in [0.4, 0.5) is 0 Å². The molecule has 0 amide bonds. The van der Waals surface area contributed by atoms with Crippen molar-refractivity contribution in [3.8, 4) is 5.75 Å². The van der Waals surface area contributed by atoms with E-state index in [-0.39, 0.29) is 0 Å². The number of aromatic amines is 1. The van der Waals surface area contributed by atoms with Crippen LogP contribution in [-0.4, -0.2) is 24.8 Å². The molecular weight excluding hydrogens is 190 g/mol. The van der Waals surface area contributed by atoms with Crippen LogP contribution in [0.25, 0.3) is 10.9 Å². The van der Waals surface area contributed by atoms with Crippen LogP contribution in [0.15, 0.2) is 30.5 Å². The van der Waals surface area contributed by atoms with E-state index in [2.05, 4.69) is 4.98 Å². The zero-order valence-electron chi connectivity index (χ0n) is 8.82. The molecule has 0 saturated heterocycles. The van der Waals surface area contributed by atoms with E-state index in [4.69, 9.17) is 9.47 Å². The van der Waals surface area contributed by atoms with Crippen LogP contribution >= 0.6 is 0 Å². The van der Waals surface area contributed by atoms with Crippen LogP contribution in [0.2, 0.25) is 0 Å². The van der Waals surface area contributed by atoms with Gasteiger partial charge in [0.25, 0.3) is 0 Å². The molecule has 0 atom stereocenters. The van der Waals surface area contributed by atoms with Gasteiger partial charge in [-0.1, -0.05) is 0 Å². The quantitative estimate of drug-likeness (QED) is 0.761. The van der Waals surface area contributed by atoms with Gasteiger partial charge >= 0.3 is 0 Å². The highest BCUT2D eigenvalue weighted by atomic mass is 16.5. The largest absolute Gasteiger partial charge is 0.491 e. The van der Waals surface area contributed by atoms with Crippen LogP contribution in [0.3, 0.4) is 0 Å². The second-order valence-corrected chi connectivity index (χ2v) is 3.27. The third-order valence-electron chi connectivity index (χ3n) is 2.23. The molecule has 1 heterocycles. The molecule has 0 fully saturated rings. The summed E-state index contributed by atoms with van der Waals surface area (Å²) < 4.78 is 10.7. The molecule has 0 aliphatic heterocycles. The van der Waals surface area contributed by atoms with Crippen LogP contribution in [0, 0.1) is 0 Å². The number of fused-ring (bicyclic) bond motifs is 1. The molecule has 0 bridgehead atoms. The zero-order valence-corrected chi connectivity index (χ0v) is 8.82. The summed E-state index contributed by atoms with van der Waals surface area (Å²) >= 11 is 0. The first-order valence-electron chi connectivity index (χ1n) is 5.18. The van der Waals surface area contributed by atoms with Crippen molar-refractivity contribution in [3.63, 3.8) is 0 Å². The SMILES string of the molecule is CCOCCOc1ccc2[nH]ccc2c1. The molecule has 0 unspecified atom stereocenters. The Morgan fingerprint density at radius 2 is 2.13 bits per heavy atom. The van der Waals surface area contributed by atoms with Gasteiger partial charge in [-0.25, -0.2) is 0 Å². The first-order chi connectivity index (χ1) is 7.40. The fourth-order valence-corrected chi connectivity index (χ4v) is 1.48. The maximum atomic E-state index is 5.55. The van der Waals surface area contributed by atoms with E-state index in [1.54, 1.807) is 0 Å². The van der Waals surface area contributed by atoms with Crippen LogP contribution in [0.5, 0.6) is 5.75 Å². The summed E-state index contributed by atoms with van der Waals surface area (Å²) in [6.07, 6.45) is 1.93. The average Bonchev–Trinajstić information content (AvgIpc) is 2.71. The molecule has 1 aromatic heterocycles. The Bertz CT molecular complexity index is 422. The second kappa shape index (κ2) is 4.84. The van der Waals surface area contributed by atoms with Crippen LogP contribution in [-0.2, 0) is 4.74 Å². The summed E-state index contributed by atoms with van der Waals surface area (Å²) in [5.41, 5.74) is 1.13. The number of H-pyrrole nitrogens is 1. The van der Waals surface area contributed by atoms with E-state index in [9.17, 15) is 0 Å². The monoisotopic (exact) mass is 205 g/mol. The van der Waals surface area contributed by atoms with Crippen molar-refractivity contribution in [2.75, 3.05) is 19.8 Å². The van der Waals surface area contributed by atoms with E-state index < -0.39 is 0 Å². The molecule has 15 heavy (non-hydrogen) atoms. The fourth-order valence-electron chi connectivity index (χ4n) is 1.48. The topological polar surface area (TPSA) is 34.2 Å². The van der Waals surface area contributed by atoms with E-state index in [1.807, 2.05) is 37.4 Å². The molecule has 0 saturated carbocycles. The van der Waals surface area contributed by atoms with Crippen molar-refractivity contribution in [3.05, 3.63) is 30.5 Å². The molecule has 2 rings (SSSR count). The Morgan fingerprint density at radius 3 is 3.00 bits per heavy atom. The van der Waals surface area contributed by atoms with Gasteiger partial charge in [-0.15, -0.1) is 0 Å². The number of hydrogen-bond acceptors (Lipinski definition) is 2. The number of benzene rings is 1. The highest BCUT2D eigenvalue weighted by molar-refractivity contribution is 5.80. The van der Waals surface area contributed by atoms with Crippen LogP contribution < -0.4 is 4.74 Å². The Labute approximate surface area is 89.0 Å². The smallest absolute Gasteiger partial charge is 0.120 e. The summed E-state index contributed by atoms with van der Waals surface area (Å²) in [6.45, 7) is 3.96. The highest BCUT2D eigenvalue weighted by Crippen LogP contribution is 2.19. The van der Waals surface area contributed by atoms with E-state index >= 15 is 0 Å². The van der Waals surface area contributed by atoms with E-state index in [1.165, 1.54) is 5.39 Å². The van der Waals surface area contributed by atoms with Gasteiger partial charge < -0.3 is 14.5 Å². The minimum atomic E-state index is 0.601. The molecule has 3 nitrogen and oxygen atoms in total. The maximum Gasteiger partial charge on any atom is 0.120 e. The first-order valence-corrected chi connectivity index (χ1v) is 5.18. The summed E-state index contributed by atoms with van der Waals surface area (Å²) in [4.78, 5) is 3.14. The van der Waals surface area contributed by atoms with Gasteiger partial charge in [0, 0.05) is 23.7 Å². The summed E-state index contributed by atoms with van der Waals surface area (Å²) in [5.74, 6) is 0.891. The molecular formula is C12H15NO2. The number of ether oxygens (including phenoxy) is 2. The lowest BCUT2D eigenvalue weighted by molar-refractivity contribution is 0.110. The number of rotatable bonds is 5. The van der Waals surface area contributed by atoms with Crippen molar-refractivity contribution in [2.24, 2.45) is 0 Å². The van der Waals surface area contributed by atoms with E-state index in [0.717, 1.165) is 17.9 Å². The lowest BCUT2D eigenvalue weighted by atomic mass is 10.2. The number of aromatic nitrogens is 1. The van der Waals surface area contributed by atoms with Gasteiger partial charge in [0.15, 0.2) is 0 Å². The van der Waals surface area contributed by atoms with Crippen LogP contribution in [0.1, 0.15) is 6.92 Å². The van der Waals surface area contributed by atoms with Gasteiger partial charge in [0.2, 0.25) is 0 Å². The molecule has 3 heteroatoms. The minimum Gasteiger partial charge on any atom is -0.491 e. The lowest BCUT2D eigenvalue weighted by Gasteiger charge is -2.05. The molecule has 0 radical (unpaired) electrons. The predicted octanol–water partition coefficient (Wildman–Crippen LogP) is 2.58. The summed E-state index contributed by atoms with van der Waals surface area (Å²) in [5, 5.41) is 1.17. The van der Waals surface area contributed by atoms with Gasteiger partial charge in [-0.2, -0.15) is 0 Å². The normalized spacial score (nSPS) is 10.7. The Kier molecular flexibility index (Phi) is 3.25. The molecule has 0 spiro atoms. The number of nitrogens with one attached hydrogen (secondary N) is 1. The molecule has 80 valence electrons. The average molecular weight is 205 g/mol. The standard InChI is InChI=1S/C12H15NO2/c1-2-14-7-8-15-11-3-4-12-10(9-11)5-6-13-12/h3-6,9,13H,2,7-8H2,1H3. The van der Waals surface area contributed by atoms with Gasteiger partial charge in [0.05, 0.1) is 6.61 Å².